The second-order valence-electron chi connectivity index (χ2n) is 17.5. The van der Waals surface area contributed by atoms with Crippen molar-refractivity contribution in [3.63, 3.8) is 0 Å². The first-order valence-corrected chi connectivity index (χ1v) is 19.0. The maximum atomic E-state index is 11.2. The summed E-state index contributed by atoms with van der Waals surface area (Å²) < 4.78 is 37.1. The molecular weight excluding hydrogens is 680 g/mol. The standard InChI is InChI=1S/C38H62O14/c1-9-37(7)12-10-20-19(15-37)21(50-33-30(45)27(42)24(39)16(2)47-33)14-22-36(5,6)23(11-13-38(20,22)8)51-35-32(29(44)26(41)18(4)49-35)52-34-31(46)28(43)25(40)17(3)48-34/h9,15-18,20-35,39-46H,1,10-14H2,2-8H3/t16-,17-,18+,20-,21+,22-,23-,24+,25+,26+,27+,28+,29-,30-,31-,32-,33+,34-,35+,37-,38+/m1/s1. The van der Waals surface area contributed by atoms with E-state index < -0.39 is 110 Å². The highest BCUT2D eigenvalue weighted by Crippen LogP contribution is 2.65. The molecule has 0 radical (unpaired) electrons. The minimum absolute atomic E-state index is 0.00420. The molecule has 0 spiro atoms. The Bertz CT molecular complexity index is 1310. The van der Waals surface area contributed by atoms with Crippen LogP contribution in [-0.4, -0.2) is 145 Å². The number of aliphatic hydroxyl groups is 8. The fourth-order valence-electron chi connectivity index (χ4n) is 10.1. The summed E-state index contributed by atoms with van der Waals surface area (Å²) in [6, 6.07) is 0. The zero-order chi connectivity index (χ0) is 38.2. The summed E-state index contributed by atoms with van der Waals surface area (Å²) in [6.07, 6.45) is -12.0. The number of aliphatic hydroxyl groups excluding tert-OH is 8. The number of allylic oxidation sites excluding steroid dienone is 2. The van der Waals surface area contributed by atoms with E-state index in [9.17, 15) is 40.9 Å². The Labute approximate surface area is 306 Å². The molecule has 3 aliphatic carbocycles. The van der Waals surface area contributed by atoms with Crippen LogP contribution < -0.4 is 0 Å². The van der Waals surface area contributed by atoms with Gasteiger partial charge in [-0.3, -0.25) is 0 Å². The summed E-state index contributed by atoms with van der Waals surface area (Å²) in [4.78, 5) is 0. The lowest BCUT2D eigenvalue weighted by molar-refractivity contribution is -0.373. The van der Waals surface area contributed by atoms with Gasteiger partial charge in [-0.05, 0) is 81.1 Å². The van der Waals surface area contributed by atoms with Gasteiger partial charge in [0.2, 0.25) is 0 Å². The van der Waals surface area contributed by atoms with Crippen molar-refractivity contribution in [2.75, 3.05) is 0 Å². The Hall–Kier alpha value is -1.08. The molecule has 5 fully saturated rings. The molecule has 0 amide bonds. The van der Waals surface area contributed by atoms with Crippen LogP contribution in [0.25, 0.3) is 0 Å². The van der Waals surface area contributed by atoms with Gasteiger partial charge in [-0.2, -0.15) is 0 Å². The van der Waals surface area contributed by atoms with E-state index in [2.05, 4.69) is 40.3 Å². The van der Waals surface area contributed by atoms with E-state index in [1.807, 2.05) is 6.08 Å². The van der Waals surface area contributed by atoms with Crippen molar-refractivity contribution < 1.29 is 69.3 Å². The zero-order valence-electron chi connectivity index (χ0n) is 31.4. The Kier molecular flexibility index (Phi) is 11.5. The second kappa shape index (κ2) is 14.8. The molecule has 0 unspecified atom stereocenters. The molecule has 0 aromatic carbocycles. The average Bonchev–Trinajstić information content (AvgIpc) is 3.10. The number of ether oxygens (including phenoxy) is 6. The highest BCUT2D eigenvalue weighted by atomic mass is 16.8. The molecule has 14 heteroatoms. The Morgan fingerprint density at radius 3 is 1.73 bits per heavy atom. The van der Waals surface area contributed by atoms with Gasteiger partial charge in [0.05, 0.1) is 30.5 Å². The van der Waals surface area contributed by atoms with E-state index in [0.717, 1.165) is 24.8 Å². The van der Waals surface area contributed by atoms with Crippen molar-refractivity contribution in [2.45, 2.75) is 185 Å². The van der Waals surface area contributed by atoms with Crippen LogP contribution in [0.4, 0.5) is 0 Å². The topological polar surface area (TPSA) is 217 Å². The van der Waals surface area contributed by atoms with Crippen LogP contribution in [-0.2, 0) is 28.4 Å². The van der Waals surface area contributed by atoms with Crippen LogP contribution in [0.15, 0.2) is 24.3 Å². The first-order chi connectivity index (χ1) is 24.2. The molecular formula is C38H62O14. The third kappa shape index (κ3) is 6.97. The van der Waals surface area contributed by atoms with Gasteiger partial charge in [0.1, 0.15) is 54.9 Å². The SMILES string of the molecule is C=C[C@@]1(C)C=C2[C@@H](O[C@@H]3O[C@H](C)[C@H](O)[C@H](O)[C@H]3O)C[C@@H]3C(C)(C)[C@H](O[C@@H]4O[C@@H](C)[C@H](O)[C@@H](O)[C@H]4O[C@H]4O[C@H](C)[C@H](O)[C@H](O)[C@H]4O)CC[C@@]3(C)[C@@H]2CC1. The molecule has 0 bridgehead atoms. The molecule has 8 N–H and O–H groups in total. The van der Waals surface area contributed by atoms with Crippen molar-refractivity contribution in [3.8, 4) is 0 Å². The smallest absolute Gasteiger partial charge is 0.187 e. The summed E-state index contributed by atoms with van der Waals surface area (Å²) in [5.74, 6) is 0.135. The molecule has 3 aliphatic heterocycles. The third-order valence-electron chi connectivity index (χ3n) is 13.7. The van der Waals surface area contributed by atoms with Gasteiger partial charge >= 0.3 is 0 Å². The largest absolute Gasteiger partial charge is 0.388 e. The van der Waals surface area contributed by atoms with Crippen LogP contribution >= 0.6 is 0 Å². The van der Waals surface area contributed by atoms with E-state index in [0.29, 0.717) is 12.8 Å². The number of rotatable bonds is 7. The van der Waals surface area contributed by atoms with Gasteiger partial charge in [0.25, 0.3) is 0 Å². The summed E-state index contributed by atoms with van der Waals surface area (Å²) in [6.45, 7) is 17.6. The molecule has 3 heterocycles. The lowest BCUT2D eigenvalue weighted by Crippen LogP contribution is -2.65. The predicted molar refractivity (Wildman–Crippen MR) is 184 cm³/mol. The van der Waals surface area contributed by atoms with Gasteiger partial charge in [-0.1, -0.05) is 39.8 Å². The normalized spacial score (nSPS) is 55.1. The minimum Gasteiger partial charge on any atom is -0.388 e. The quantitative estimate of drug-likeness (QED) is 0.133. The average molecular weight is 743 g/mol. The first-order valence-electron chi connectivity index (χ1n) is 19.0. The number of hydrogen-bond donors (Lipinski definition) is 8. The summed E-state index contributed by atoms with van der Waals surface area (Å²) in [5, 5.41) is 85.2. The lowest BCUT2D eigenvalue weighted by atomic mass is 9.44. The molecule has 52 heavy (non-hydrogen) atoms. The van der Waals surface area contributed by atoms with Crippen molar-refractivity contribution >= 4 is 0 Å². The van der Waals surface area contributed by atoms with Crippen LogP contribution in [0.1, 0.15) is 80.6 Å². The fraction of sp³-hybridized carbons (Fsp3) is 0.895. The molecule has 3 saturated heterocycles. The lowest BCUT2D eigenvalue weighted by Gasteiger charge is -2.63. The molecule has 298 valence electrons. The molecule has 6 aliphatic rings. The molecule has 0 aromatic rings. The van der Waals surface area contributed by atoms with Crippen molar-refractivity contribution in [3.05, 3.63) is 24.3 Å². The summed E-state index contributed by atoms with van der Waals surface area (Å²) in [7, 11) is 0. The van der Waals surface area contributed by atoms with Crippen LogP contribution in [0.2, 0.25) is 0 Å². The van der Waals surface area contributed by atoms with Gasteiger partial charge in [0.15, 0.2) is 18.9 Å². The molecule has 2 saturated carbocycles. The van der Waals surface area contributed by atoms with Crippen LogP contribution in [0, 0.1) is 28.1 Å². The van der Waals surface area contributed by atoms with Crippen molar-refractivity contribution in [1.29, 1.82) is 0 Å². The maximum Gasteiger partial charge on any atom is 0.187 e. The summed E-state index contributed by atoms with van der Waals surface area (Å²) >= 11 is 0. The molecule has 0 aromatic heterocycles. The van der Waals surface area contributed by atoms with Gasteiger partial charge in [0, 0.05) is 5.41 Å². The Balaban J connectivity index is 1.28. The highest BCUT2D eigenvalue weighted by Gasteiger charge is 2.62. The van der Waals surface area contributed by atoms with Gasteiger partial charge in [-0.15, -0.1) is 6.58 Å². The Morgan fingerprint density at radius 1 is 0.654 bits per heavy atom. The van der Waals surface area contributed by atoms with E-state index in [-0.39, 0.29) is 22.7 Å². The fourth-order valence-corrected chi connectivity index (χ4v) is 10.1. The first kappa shape index (κ1) is 40.6. The minimum atomic E-state index is -1.64. The number of fused-ring (bicyclic) bond motifs is 3. The van der Waals surface area contributed by atoms with Crippen molar-refractivity contribution in [1.82, 2.24) is 0 Å². The Morgan fingerprint density at radius 2 is 1.17 bits per heavy atom. The maximum absolute atomic E-state index is 11.2. The van der Waals surface area contributed by atoms with E-state index in [1.165, 1.54) is 6.92 Å². The van der Waals surface area contributed by atoms with Gasteiger partial charge in [-0.25, -0.2) is 0 Å². The van der Waals surface area contributed by atoms with Crippen LogP contribution in [0.3, 0.4) is 0 Å². The monoisotopic (exact) mass is 742 g/mol. The molecule has 14 nitrogen and oxygen atoms in total. The molecule has 21 atom stereocenters. The molecule has 6 rings (SSSR count). The zero-order valence-corrected chi connectivity index (χ0v) is 31.4. The van der Waals surface area contributed by atoms with E-state index in [4.69, 9.17) is 28.4 Å². The van der Waals surface area contributed by atoms with E-state index in [1.54, 1.807) is 13.8 Å². The highest BCUT2D eigenvalue weighted by molar-refractivity contribution is 5.30. The van der Waals surface area contributed by atoms with Crippen LogP contribution in [0.5, 0.6) is 0 Å². The number of hydrogen-bond acceptors (Lipinski definition) is 14. The summed E-state index contributed by atoms with van der Waals surface area (Å²) in [5.41, 5.74) is 0.168. The van der Waals surface area contributed by atoms with Gasteiger partial charge < -0.3 is 69.3 Å². The van der Waals surface area contributed by atoms with E-state index >= 15 is 0 Å². The second-order valence-corrected chi connectivity index (χ2v) is 17.5. The van der Waals surface area contributed by atoms with Crippen molar-refractivity contribution in [2.24, 2.45) is 28.1 Å². The third-order valence-corrected chi connectivity index (χ3v) is 13.7. The predicted octanol–water partition coefficient (Wildman–Crippen LogP) is 0.639.